The van der Waals surface area contributed by atoms with Crippen LogP contribution in [0.5, 0.6) is 5.75 Å². The molecular formula is C15H14NO5S-. The van der Waals surface area contributed by atoms with Crippen LogP contribution in [0.25, 0.3) is 0 Å². The molecule has 0 amide bonds. The van der Waals surface area contributed by atoms with Gasteiger partial charge >= 0.3 is 0 Å². The molecule has 0 bridgehead atoms. The summed E-state index contributed by atoms with van der Waals surface area (Å²) in [6, 6.07) is 13.7. The van der Waals surface area contributed by atoms with Crippen molar-refractivity contribution in [1.82, 2.24) is 0 Å². The number of hydrogen-bond acceptors (Lipinski definition) is 5. The van der Waals surface area contributed by atoms with Crippen LogP contribution in [-0.2, 0) is 14.8 Å². The number of carbonyl (C=O) groups excluding carboxylic acids is 1. The van der Waals surface area contributed by atoms with Crippen molar-refractivity contribution in [3.63, 3.8) is 0 Å². The lowest BCUT2D eigenvalue weighted by molar-refractivity contribution is -0.303. The lowest BCUT2D eigenvalue weighted by Gasteiger charge is -2.25. The molecule has 2 rings (SSSR count). The van der Waals surface area contributed by atoms with Crippen molar-refractivity contribution in [2.45, 2.75) is 4.90 Å². The third kappa shape index (κ3) is 3.37. The summed E-state index contributed by atoms with van der Waals surface area (Å²) >= 11 is 0. The largest absolute Gasteiger partial charge is 0.548 e. The van der Waals surface area contributed by atoms with Crippen LogP contribution in [0, 0.1) is 0 Å². The summed E-state index contributed by atoms with van der Waals surface area (Å²) in [5.74, 6) is -0.954. The van der Waals surface area contributed by atoms with Gasteiger partial charge in [-0.3, -0.25) is 4.31 Å². The maximum Gasteiger partial charge on any atom is 0.264 e. The highest BCUT2D eigenvalue weighted by molar-refractivity contribution is 7.92. The van der Waals surface area contributed by atoms with Gasteiger partial charge in [0.2, 0.25) is 0 Å². The minimum Gasteiger partial charge on any atom is -0.548 e. The van der Waals surface area contributed by atoms with Gasteiger partial charge in [-0.1, -0.05) is 18.2 Å². The second kappa shape index (κ2) is 6.48. The van der Waals surface area contributed by atoms with Gasteiger partial charge in [0.15, 0.2) is 0 Å². The fraction of sp³-hybridized carbons (Fsp3) is 0.133. The van der Waals surface area contributed by atoms with Crippen LogP contribution in [0.1, 0.15) is 0 Å². The van der Waals surface area contributed by atoms with Gasteiger partial charge in [-0.2, -0.15) is 0 Å². The number of ether oxygens (including phenoxy) is 1. The summed E-state index contributed by atoms with van der Waals surface area (Å²) in [5.41, 5.74) is 0.217. The Kier molecular flexibility index (Phi) is 4.67. The average Bonchev–Trinajstić information content (AvgIpc) is 2.53. The van der Waals surface area contributed by atoms with E-state index in [1.54, 1.807) is 30.3 Å². The minimum atomic E-state index is -4.00. The van der Waals surface area contributed by atoms with E-state index in [0.717, 1.165) is 4.31 Å². The zero-order valence-electron chi connectivity index (χ0n) is 11.8. The molecule has 0 radical (unpaired) electrons. The second-order valence-electron chi connectivity index (χ2n) is 4.39. The molecule has 0 saturated heterocycles. The fourth-order valence-corrected chi connectivity index (χ4v) is 3.33. The number of anilines is 1. The Morgan fingerprint density at radius 3 is 2.18 bits per heavy atom. The van der Waals surface area contributed by atoms with Crippen LogP contribution in [0.2, 0.25) is 0 Å². The van der Waals surface area contributed by atoms with E-state index < -0.39 is 22.5 Å². The van der Waals surface area contributed by atoms with E-state index >= 15 is 0 Å². The lowest BCUT2D eigenvalue weighted by Crippen LogP contribution is -2.41. The number of benzene rings is 2. The molecule has 0 fully saturated rings. The van der Waals surface area contributed by atoms with Gasteiger partial charge in [0.25, 0.3) is 10.0 Å². The summed E-state index contributed by atoms with van der Waals surface area (Å²) in [5, 5.41) is 10.9. The van der Waals surface area contributed by atoms with Crippen molar-refractivity contribution in [1.29, 1.82) is 0 Å². The summed E-state index contributed by atoms with van der Waals surface area (Å²) < 4.78 is 31.0. The predicted octanol–water partition coefficient (Wildman–Crippen LogP) is 0.640. The Balaban J connectivity index is 2.47. The fourth-order valence-electron chi connectivity index (χ4n) is 1.90. The van der Waals surface area contributed by atoms with E-state index in [1.807, 2.05) is 0 Å². The minimum absolute atomic E-state index is 0.00654. The molecule has 22 heavy (non-hydrogen) atoms. The van der Waals surface area contributed by atoms with Crippen molar-refractivity contribution >= 4 is 21.7 Å². The second-order valence-corrected chi connectivity index (χ2v) is 6.26. The standard InChI is InChI=1S/C15H15NO5S/c1-21-13-9-7-12(8-10-13)16(11-15(17)18)22(19,20)14-5-3-2-4-6-14/h2-10H,11H2,1H3,(H,17,18)/p-1. The quantitative estimate of drug-likeness (QED) is 0.779. The molecule has 116 valence electrons. The summed E-state index contributed by atoms with van der Waals surface area (Å²) in [6.45, 7) is -0.774. The average molecular weight is 320 g/mol. The van der Waals surface area contributed by atoms with Crippen LogP contribution in [-0.4, -0.2) is 28.0 Å². The zero-order valence-corrected chi connectivity index (χ0v) is 12.6. The van der Waals surface area contributed by atoms with Crippen LogP contribution in [0.15, 0.2) is 59.5 Å². The first-order chi connectivity index (χ1) is 10.4. The van der Waals surface area contributed by atoms with Crippen molar-refractivity contribution in [2.75, 3.05) is 18.0 Å². The summed E-state index contributed by atoms with van der Waals surface area (Å²) in [4.78, 5) is 10.9. The third-order valence-corrected chi connectivity index (χ3v) is 4.75. The van der Waals surface area contributed by atoms with Crippen molar-refractivity contribution < 1.29 is 23.1 Å². The van der Waals surface area contributed by atoms with Gasteiger partial charge in [-0.05, 0) is 36.4 Å². The highest BCUT2D eigenvalue weighted by Crippen LogP contribution is 2.25. The Morgan fingerprint density at radius 2 is 1.68 bits per heavy atom. The normalized spacial score (nSPS) is 11.0. The number of hydrogen-bond donors (Lipinski definition) is 0. The molecule has 0 aliphatic heterocycles. The molecule has 2 aromatic rings. The molecule has 6 nitrogen and oxygen atoms in total. The van der Waals surface area contributed by atoms with Gasteiger partial charge in [0, 0.05) is 0 Å². The van der Waals surface area contributed by atoms with Gasteiger partial charge in [-0.15, -0.1) is 0 Å². The van der Waals surface area contributed by atoms with Crippen LogP contribution >= 0.6 is 0 Å². The third-order valence-electron chi connectivity index (χ3n) is 2.96. The van der Waals surface area contributed by atoms with E-state index in [2.05, 4.69) is 0 Å². The Morgan fingerprint density at radius 1 is 1.09 bits per heavy atom. The molecule has 0 heterocycles. The monoisotopic (exact) mass is 320 g/mol. The van der Waals surface area contributed by atoms with Gasteiger partial charge in [0.05, 0.1) is 30.2 Å². The molecule has 0 spiro atoms. The van der Waals surface area contributed by atoms with E-state index in [9.17, 15) is 18.3 Å². The number of carboxylic acid groups (broad SMARTS) is 1. The number of carbonyl (C=O) groups is 1. The SMILES string of the molecule is COc1ccc(N(CC(=O)[O-])S(=O)(=O)c2ccccc2)cc1. The number of methoxy groups -OCH3 is 1. The first-order valence-electron chi connectivity index (χ1n) is 6.37. The van der Waals surface area contributed by atoms with Gasteiger partial charge < -0.3 is 14.6 Å². The molecule has 7 heteroatoms. The number of rotatable bonds is 6. The first-order valence-corrected chi connectivity index (χ1v) is 7.81. The number of aliphatic carboxylic acids is 1. The van der Waals surface area contributed by atoms with Crippen LogP contribution in [0.3, 0.4) is 0 Å². The number of nitrogens with zero attached hydrogens (tertiary/aromatic N) is 1. The molecule has 0 N–H and O–H groups in total. The maximum atomic E-state index is 12.6. The summed E-state index contributed by atoms with van der Waals surface area (Å²) in [6.07, 6.45) is 0. The van der Waals surface area contributed by atoms with Crippen molar-refractivity contribution in [3.8, 4) is 5.75 Å². The van der Waals surface area contributed by atoms with Crippen LogP contribution < -0.4 is 14.1 Å². The zero-order chi connectivity index (χ0) is 16.2. The maximum absolute atomic E-state index is 12.6. The summed E-state index contributed by atoms with van der Waals surface area (Å²) in [7, 11) is -2.52. The van der Waals surface area contributed by atoms with E-state index in [-0.39, 0.29) is 10.6 Å². The highest BCUT2D eigenvalue weighted by atomic mass is 32.2. The first kappa shape index (κ1) is 15.8. The highest BCUT2D eigenvalue weighted by Gasteiger charge is 2.24. The number of carboxylic acids is 1. The Labute approximate surface area is 128 Å². The van der Waals surface area contributed by atoms with Crippen LogP contribution in [0.4, 0.5) is 5.69 Å². The van der Waals surface area contributed by atoms with E-state index in [0.29, 0.717) is 5.75 Å². The van der Waals surface area contributed by atoms with Gasteiger partial charge in [-0.25, -0.2) is 8.42 Å². The lowest BCUT2D eigenvalue weighted by atomic mass is 10.3. The molecule has 0 atom stereocenters. The predicted molar refractivity (Wildman–Crippen MR) is 79.0 cm³/mol. The number of sulfonamides is 1. The molecular weight excluding hydrogens is 306 g/mol. The van der Waals surface area contributed by atoms with E-state index in [4.69, 9.17) is 4.74 Å². The molecule has 0 saturated carbocycles. The molecule has 0 aromatic heterocycles. The molecule has 0 unspecified atom stereocenters. The molecule has 0 aliphatic rings. The molecule has 2 aromatic carbocycles. The molecule has 0 aliphatic carbocycles. The smallest absolute Gasteiger partial charge is 0.264 e. The topological polar surface area (TPSA) is 86.7 Å². The van der Waals surface area contributed by atoms with Crippen molar-refractivity contribution in [3.05, 3.63) is 54.6 Å². The van der Waals surface area contributed by atoms with Crippen molar-refractivity contribution in [2.24, 2.45) is 0 Å². The van der Waals surface area contributed by atoms with E-state index in [1.165, 1.54) is 31.4 Å². The Bertz CT molecular complexity index is 741. The van der Waals surface area contributed by atoms with Gasteiger partial charge in [0.1, 0.15) is 5.75 Å². The Hall–Kier alpha value is -2.54.